The number of rotatable bonds is 6. The monoisotopic (exact) mass is 704 g/mol. The summed E-state index contributed by atoms with van der Waals surface area (Å²) in [6, 6.07) is 53.3. The summed E-state index contributed by atoms with van der Waals surface area (Å²) in [5.74, 6) is 0.332. The fourth-order valence-corrected chi connectivity index (χ4v) is 7.84. The van der Waals surface area contributed by atoms with Crippen molar-refractivity contribution in [1.82, 2.24) is 19.9 Å². The lowest BCUT2D eigenvalue weighted by Gasteiger charge is -2.16. The van der Waals surface area contributed by atoms with Crippen LogP contribution in [0.4, 0.5) is 0 Å². The van der Waals surface area contributed by atoms with E-state index in [2.05, 4.69) is 170 Å². The van der Waals surface area contributed by atoms with Gasteiger partial charge in [0.15, 0.2) is 0 Å². The standard InChI is InChI=1S/C51H36N4/c1-2-33-9-3-4-10-36-18-19-37-24-27-47(55-51(37)50(33)36)43-14-8-13-42(30-43)46-26-23-35-17-21-39(32-49(35)54-46)38-20-16-34-22-25-45(53-48(34)31-38)41-12-7-11-40(29-41)44-15-5-6-28-52-44/h3-33H,2H2,1H3. The van der Waals surface area contributed by atoms with Crippen molar-refractivity contribution in [2.24, 2.45) is 0 Å². The fourth-order valence-electron chi connectivity index (χ4n) is 7.84. The zero-order valence-corrected chi connectivity index (χ0v) is 30.4. The number of allylic oxidation sites excluding steroid dienone is 3. The Kier molecular flexibility index (Phi) is 8.15. The van der Waals surface area contributed by atoms with Gasteiger partial charge in [0.2, 0.25) is 0 Å². The maximum atomic E-state index is 5.29. The molecule has 9 aromatic rings. The van der Waals surface area contributed by atoms with Gasteiger partial charge in [-0.15, -0.1) is 0 Å². The van der Waals surface area contributed by atoms with Crippen LogP contribution in [0.1, 0.15) is 30.4 Å². The van der Waals surface area contributed by atoms with Crippen LogP contribution in [-0.4, -0.2) is 19.9 Å². The summed E-state index contributed by atoms with van der Waals surface area (Å²) in [6.07, 6.45) is 11.6. The molecule has 260 valence electrons. The topological polar surface area (TPSA) is 51.6 Å². The molecule has 4 aromatic heterocycles. The molecular formula is C51H36N4. The second-order valence-corrected chi connectivity index (χ2v) is 14.2. The van der Waals surface area contributed by atoms with Gasteiger partial charge >= 0.3 is 0 Å². The highest BCUT2D eigenvalue weighted by Gasteiger charge is 2.17. The summed E-state index contributed by atoms with van der Waals surface area (Å²) in [7, 11) is 0. The summed E-state index contributed by atoms with van der Waals surface area (Å²) < 4.78 is 0. The summed E-state index contributed by atoms with van der Waals surface area (Å²) >= 11 is 0. The van der Waals surface area contributed by atoms with Gasteiger partial charge < -0.3 is 0 Å². The molecule has 10 rings (SSSR count). The molecule has 0 N–H and O–H groups in total. The number of fused-ring (bicyclic) bond motifs is 5. The quantitative estimate of drug-likeness (QED) is 0.173. The van der Waals surface area contributed by atoms with Crippen LogP contribution in [0.2, 0.25) is 0 Å². The molecule has 1 aliphatic rings. The molecule has 0 spiro atoms. The molecule has 0 saturated heterocycles. The van der Waals surface area contributed by atoms with E-state index in [-0.39, 0.29) is 0 Å². The Hall–Kier alpha value is -7.04. The van der Waals surface area contributed by atoms with Gasteiger partial charge in [-0.3, -0.25) is 4.98 Å². The molecule has 55 heavy (non-hydrogen) atoms. The maximum Gasteiger partial charge on any atom is 0.0753 e. The van der Waals surface area contributed by atoms with Crippen LogP contribution >= 0.6 is 0 Å². The normalized spacial score (nSPS) is 13.7. The minimum absolute atomic E-state index is 0.332. The number of pyridine rings is 4. The number of benzene rings is 5. The van der Waals surface area contributed by atoms with Gasteiger partial charge in [0, 0.05) is 50.5 Å². The molecule has 4 nitrogen and oxygen atoms in total. The first-order valence-electron chi connectivity index (χ1n) is 18.9. The highest BCUT2D eigenvalue weighted by atomic mass is 14.7. The highest BCUT2D eigenvalue weighted by molar-refractivity contribution is 5.92. The Morgan fingerprint density at radius 3 is 1.62 bits per heavy atom. The van der Waals surface area contributed by atoms with Crippen molar-refractivity contribution in [3.63, 3.8) is 0 Å². The largest absolute Gasteiger partial charge is 0.256 e. The van der Waals surface area contributed by atoms with E-state index in [1.165, 1.54) is 16.5 Å². The average Bonchev–Trinajstić information content (AvgIpc) is 3.48. The Bertz CT molecular complexity index is 2980. The number of nitrogens with zero attached hydrogens (tertiary/aromatic N) is 4. The molecule has 1 aliphatic carbocycles. The van der Waals surface area contributed by atoms with Crippen molar-refractivity contribution in [2.75, 3.05) is 0 Å². The Balaban J connectivity index is 0.977. The molecule has 0 fully saturated rings. The molecule has 0 bridgehead atoms. The highest BCUT2D eigenvalue weighted by Crippen LogP contribution is 2.36. The fraction of sp³-hybridized carbons (Fsp3) is 0.0588. The van der Waals surface area contributed by atoms with Crippen molar-refractivity contribution in [3.05, 3.63) is 187 Å². The van der Waals surface area contributed by atoms with Crippen molar-refractivity contribution in [1.29, 1.82) is 0 Å². The zero-order chi connectivity index (χ0) is 36.7. The molecule has 0 amide bonds. The molecule has 1 atom stereocenters. The third-order valence-corrected chi connectivity index (χ3v) is 10.8. The third-order valence-electron chi connectivity index (χ3n) is 10.8. The first-order valence-corrected chi connectivity index (χ1v) is 18.9. The summed E-state index contributed by atoms with van der Waals surface area (Å²) in [5.41, 5.74) is 15.8. The first kappa shape index (κ1) is 32.6. The van der Waals surface area contributed by atoms with E-state index in [1.807, 2.05) is 24.4 Å². The van der Waals surface area contributed by atoms with Gasteiger partial charge in [-0.2, -0.15) is 0 Å². The van der Waals surface area contributed by atoms with Gasteiger partial charge in [0.1, 0.15) is 0 Å². The van der Waals surface area contributed by atoms with Gasteiger partial charge in [-0.25, -0.2) is 15.0 Å². The van der Waals surface area contributed by atoms with Crippen LogP contribution < -0.4 is 0 Å². The molecule has 0 radical (unpaired) electrons. The Morgan fingerprint density at radius 2 is 1.02 bits per heavy atom. The predicted molar refractivity (Wildman–Crippen MR) is 229 cm³/mol. The van der Waals surface area contributed by atoms with Gasteiger partial charge in [0.25, 0.3) is 0 Å². The molecule has 4 heteroatoms. The lowest BCUT2D eigenvalue weighted by Crippen LogP contribution is -2.00. The smallest absolute Gasteiger partial charge is 0.0753 e. The number of hydrogen-bond donors (Lipinski definition) is 0. The maximum absolute atomic E-state index is 5.29. The van der Waals surface area contributed by atoms with Crippen LogP contribution in [0.3, 0.4) is 0 Å². The van der Waals surface area contributed by atoms with Crippen molar-refractivity contribution < 1.29 is 0 Å². The number of hydrogen-bond acceptors (Lipinski definition) is 4. The molecule has 4 heterocycles. The van der Waals surface area contributed by atoms with Crippen molar-refractivity contribution in [2.45, 2.75) is 19.3 Å². The minimum Gasteiger partial charge on any atom is -0.256 e. The summed E-state index contributed by atoms with van der Waals surface area (Å²) in [6.45, 7) is 2.25. The number of aromatic nitrogens is 4. The van der Waals surface area contributed by atoms with E-state index in [0.29, 0.717) is 5.92 Å². The van der Waals surface area contributed by atoms with Crippen LogP contribution in [-0.2, 0) is 0 Å². The molecule has 0 saturated carbocycles. The first-order chi connectivity index (χ1) is 27.2. The lowest BCUT2D eigenvalue weighted by atomic mass is 9.90. The van der Waals surface area contributed by atoms with E-state index in [0.717, 1.165) is 89.9 Å². The van der Waals surface area contributed by atoms with E-state index < -0.39 is 0 Å². The molecule has 5 aromatic carbocycles. The summed E-state index contributed by atoms with van der Waals surface area (Å²) in [5, 5.41) is 3.37. The van der Waals surface area contributed by atoms with Crippen LogP contribution in [0.15, 0.2) is 176 Å². The SMILES string of the molecule is CCC1C=CC=Cc2ccc3ccc(-c4cccc(-c5ccc6ccc(-c7ccc8ccc(-c9cccc(-c%10ccccn%10)c9)nc8c7)cc6n5)c4)nc3c21. The van der Waals surface area contributed by atoms with E-state index >= 15 is 0 Å². The lowest BCUT2D eigenvalue weighted by molar-refractivity contribution is 0.810. The van der Waals surface area contributed by atoms with Crippen LogP contribution in [0, 0.1) is 0 Å². The third kappa shape index (κ3) is 6.18. The predicted octanol–water partition coefficient (Wildman–Crippen LogP) is 13.1. The average molecular weight is 705 g/mol. The van der Waals surface area contributed by atoms with E-state index in [4.69, 9.17) is 15.0 Å². The Labute approximate surface area is 320 Å². The van der Waals surface area contributed by atoms with Crippen LogP contribution in [0.5, 0.6) is 0 Å². The molecule has 0 aliphatic heterocycles. The second-order valence-electron chi connectivity index (χ2n) is 14.2. The minimum atomic E-state index is 0.332. The molecule has 1 unspecified atom stereocenters. The van der Waals surface area contributed by atoms with Crippen LogP contribution in [0.25, 0.3) is 94.9 Å². The molecular weight excluding hydrogens is 669 g/mol. The van der Waals surface area contributed by atoms with E-state index in [9.17, 15) is 0 Å². The second kappa shape index (κ2) is 13.7. The van der Waals surface area contributed by atoms with Gasteiger partial charge in [0.05, 0.1) is 39.3 Å². The van der Waals surface area contributed by atoms with Gasteiger partial charge in [-0.1, -0.05) is 128 Å². The van der Waals surface area contributed by atoms with E-state index in [1.54, 1.807) is 0 Å². The van der Waals surface area contributed by atoms with Crippen molar-refractivity contribution >= 4 is 38.8 Å². The van der Waals surface area contributed by atoms with Crippen molar-refractivity contribution in [3.8, 4) is 56.2 Å². The summed E-state index contributed by atoms with van der Waals surface area (Å²) in [4.78, 5) is 20.1. The van der Waals surface area contributed by atoms with Gasteiger partial charge in [-0.05, 0) is 83.3 Å². The Morgan fingerprint density at radius 1 is 0.455 bits per heavy atom. The zero-order valence-electron chi connectivity index (χ0n) is 30.4.